The van der Waals surface area contributed by atoms with Gasteiger partial charge in [0.1, 0.15) is 0 Å². The molecule has 0 aromatic heterocycles. The minimum atomic E-state index is -0.153. The van der Waals surface area contributed by atoms with Gasteiger partial charge in [0.15, 0.2) is 11.5 Å². The molecule has 1 saturated carbocycles. The van der Waals surface area contributed by atoms with Crippen LogP contribution in [0.25, 0.3) is 0 Å². The van der Waals surface area contributed by atoms with Crippen molar-refractivity contribution in [1.82, 2.24) is 5.32 Å². The van der Waals surface area contributed by atoms with Crippen molar-refractivity contribution >= 4 is 5.91 Å². The molecule has 2 aromatic rings. The number of amides is 1. The first-order valence-corrected chi connectivity index (χ1v) is 10.8. The second-order valence-corrected chi connectivity index (χ2v) is 8.28. The molecular weight excluding hydrogens is 376 g/mol. The lowest BCUT2D eigenvalue weighted by Gasteiger charge is -2.30. The van der Waals surface area contributed by atoms with Crippen LogP contribution in [-0.4, -0.2) is 25.7 Å². The highest BCUT2D eigenvalue weighted by Gasteiger charge is 2.30. The van der Waals surface area contributed by atoms with Gasteiger partial charge in [-0.2, -0.15) is 5.26 Å². The summed E-state index contributed by atoms with van der Waals surface area (Å²) in [5.41, 5.74) is 2.73. The SMILES string of the molecule is COc1ccc([C@H]2CNC(=O)[C@@H](Cc3ccccc3C#N)C2)cc1OC1CCCC1. The van der Waals surface area contributed by atoms with Gasteiger partial charge in [-0.15, -0.1) is 0 Å². The van der Waals surface area contributed by atoms with Crippen LogP contribution in [0.2, 0.25) is 0 Å². The van der Waals surface area contributed by atoms with Gasteiger partial charge in [0.25, 0.3) is 0 Å². The average Bonchev–Trinajstić information content (AvgIpc) is 3.29. The van der Waals surface area contributed by atoms with Crippen molar-refractivity contribution in [2.24, 2.45) is 5.92 Å². The zero-order chi connectivity index (χ0) is 20.9. The van der Waals surface area contributed by atoms with Gasteiger partial charge in [-0.25, -0.2) is 0 Å². The summed E-state index contributed by atoms with van der Waals surface area (Å²) in [6, 6.07) is 15.9. The zero-order valence-corrected chi connectivity index (χ0v) is 17.4. The van der Waals surface area contributed by atoms with Crippen LogP contribution in [0.3, 0.4) is 0 Å². The van der Waals surface area contributed by atoms with Gasteiger partial charge in [0.2, 0.25) is 5.91 Å². The summed E-state index contributed by atoms with van der Waals surface area (Å²) < 4.78 is 11.8. The molecule has 2 aliphatic rings. The monoisotopic (exact) mass is 404 g/mol. The Labute approximate surface area is 178 Å². The van der Waals surface area contributed by atoms with Crippen molar-refractivity contribution in [1.29, 1.82) is 5.26 Å². The Morgan fingerprint density at radius 2 is 1.93 bits per heavy atom. The van der Waals surface area contributed by atoms with Crippen LogP contribution in [0.5, 0.6) is 11.5 Å². The van der Waals surface area contributed by atoms with Crippen molar-refractivity contribution in [3.63, 3.8) is 0 Å². The first kappa shape index (κ1) is 20.3. The van der Waals surface area contributed by atoms with E-state index in [0.29, 0.717) is 18.5 Å². The highest BCUT2D eigenvalue weighted by molar-refractivity contribution is 5.80. The number of methoxy groups -OCH3 is 1. The third kappa shape index (κ3) is 4.43. The highest BCUT2D eigenvalue weighted by atomic mass is 16.5. The van der Waals surface area contributed by atoms with Crippen LogP contribution in [0, 0.1) is 17.2 Å². The second kappa shape index (κ2) is 9.21. The summed E-state index contributed by atoms with van der Waals surface area (Å²) in [4.78, 5) is 12.5. The van der Waals surface area contributed by atoms with Crippen molar-refractivity contribution in [2.45, 2.75) is 50.5 Å². The van der Waals surface area contributed by atoms with Crippen LogP contribution >= 0.6 is 0 Å². The van der Waals surface area contributed by atoms with E-state index in [1.165, 1.54) is 12.8 Å². The van der Waals surface area contributed by atoms with Gasteiger partial charge in [-0.3, -0.25) is 4.79 Å². The summed E-state index contributed by atoms with van der Waals surface area (Å²) in [6.07, 6.45) is 6.20. The summed E-state index contributed by atoms with van der Waals surface area (Å²) in [5.74, 6) is 1.67. The van der Waals surface area contributed by atoms with Gasteiger partial charge in [-0.05, 0) is 67.9 Å². The number of rotatable bonds is 6. The molecule has 1 heterocycles. The molecule has 5 nitrogen and oxygen atoms in total. The Kier molecular flexibility index (Phi) is 6.23. The molecule has 0 bridgehead atoms. The van der Waals surface area contributed by atoms with E-state index in [1.54, 1.807) is 7.11 Å². The molecule has 1 aliphatic carbocycles. The number of benzene rings is 2. The van der Waals surface area contributed by atoms with E-state index >= 15 is 0 Å². The molecule has 5 heteroatoms. The Morgan fingerprint density at radius 1 is 1.13 bits per heavy atom. The number of carbonyl (C=O) groups excluding carboxylic acids is 1. The number of hydrogen-bond acceptors (Lipinski definition) is 4. The number of nitrogens with one attached hydrogen (secondary N) is 1. The average molecular weight is 405 g/mol. The quantitative estimate of drug-likeness (QED) is 0.777. The minimum absolute atomic E-state index is 0.0648. The molecule has 1 saturated heterocycles. The first-order chi connectivity index (χ1) is 14.7. The van der Waals surface area contributed by atoms with Crippen molar-refractivity contribution in [3.05, 3.63) is 59.2 Å². The molecule has 1 N–H and O–H groups in total. The zero-order valence-electron chi connectivity index (χ0n) is 17.4. The fraction of sp³-hybridized carbons (Fsp3) is 0.440. The smallest absolute Gasteiger partial charge is 0.223 e. The number of nitriles is 1. The van der Waals surface area contributed by atoms with Crippen molar-refractivity contribution in [2.75, 3.05) is 13.7 Å². The maximum Gasteiger partial charge on any atom is 0.223 e. The molecule has 1 aliphatic heterocycles. The topological polar surface area (TPSA) is 71.3 Å². The maximum atomic E-state index is 12.5. The van der Waals surface area contributed by atoms with Crippen LogP contribution < -0.4 is 14.8 Å². The predicted molar refractivity (Wildman–Crippen MR) is 115 cm³/mol. The van der Waals surface area contributed by atoms with Gasteiger partial charge < -0.3 is 14.8 Å². The van der Waals surface area contributed by atoms with E-state index in [0.717, 1.165) is 41.9 Å². The van der Waals surface area contributed by atoms with E-state index in [4.69, 9.17) is 9.47 Å². The van der Waals surface area contributed by atoms with E-state index in [-0.39, 0.29) is 23.8 Å². The molecule has 0 unspecified atom stereocenters. The highest BCUT2D eigenvalue weighted by Crippen LogP contribution is 2.37. The number of hydrogen-bond donors (Lipinski definition) is 1. The molecule has 2 aromatic carbocycles. The molecular formula is C25H28N2O3. The summed E-state index contributed by atoms with van der Waals surface area (Å²) in [6.45, 7) is 0.616. The molecule has 1 amide bonds. The fourth-order valence-corrected chi connectivity index (χ4v) is 4.63. The Bertz CT molecular complexity index is 944. The lowest BCUT2D eigenvalue weighted by atomic mass is 9.81. The Morgan fingerprint density at radius 3 is 2.70 bits per heavy atom. The lowest BCUT2D eigenvalue weighted by Crippen LogP contribution is -2.41. The molecule has 156 valence electrons. The summed E-state index contributed by atoms with van der Waals surface area (Å²) >= 11 is 0. The van der Waals surface area contributed by atoms with Crippen molar-refractivity contribution < 1.29 is 14.3 Å². The molecule has 2 atom stereocenters. The number of ether oxygens (including phenoxy) is 2. The Balaban J connectivity index is 1.52. The minimum Gasteiger partial charge on any atom is -0.493 e. The maximum absolute atomic E-state index is 12.5. The molecule has 2 fully saturated rings. The predicted octanol–water partition coefficient (Wildman–Crippen LogP) is 4.35. The van der Waals surface area contributed by atoms with Gasteiger partial charge in [-0.1, -0.05) is 24.3 Å². The molecule has 0 radical (unpaired) electrons. The van der Waals surface area contributed by atoms with E-state index < -0.39 is 0 Å². The second-order valence-electron chi connectivity index (χ2n) is 8.28. The first-order valence-electron chi connectivity index (χ1n) is 10.8. The number of piperidine rings is 1. The van der Waals surface area contributed by atoms with Gasteiger partial charge in [0, 0.05) is 18.4 Å². The van der Waals surface area contributed by atoms with Gasteiger partial charge in [0.05, 0.1) is 24.8 Å². The van der Waals surface area contributed by atoms with Crippen molar-refractivity contribution in [3.8, 4) is 17.6 Å². The molecule has 30 heavy (non-hydrogen) atoms. The van der Waals surface area contributed by atoms with E-state index in [2.05, 4.69) is 23.5 Å². The molecule has 4 rings (SSSR count). The Hall–Kier alpha value is -3.00. The normalized spacial score (nSPS) is 21.7. The van der Waals surface area contributed by atoms with Gasteiger partial charge >= 0.3 is 0 Å². The number of carbonyl (C=O) groups is 1. The summed E-state index contributed by atoms with van der Waals surface area (Å²) in [5, 5.41) is 12.4. The molecule has 0 spiro atoms. The third-order valence-corrected chi connectivity index (χ3v) is 6.32. The third-order valence-electron chi connectivity index (χ3n) is 6.32. The van der Waals surface area contributed by atoms with E-state index in [1.807, 2.05) is 30.3 Å². The summed E-state index contributed by atoms with van der Waals surface area (Å²) in [7, 11) is 1.67. The standard InChI is InChI=1S/C25H28N2O3/c1-29-23-11-10-18(14-24(23)30-22-8-4-5-9-22)21-13-20(25(28)27-16-21)12-17-6-2-3-7-19(17)15-26/h2-3,6-7,10-11,14,20-22H,4-5,8-9,12-13,16H2,1H3,(H,27,28)/t20-,21+/m0/s1. The van der Waals surface area contributed by atoms with Crippen LogP contribution in [0.4, 0.5) is 0 Å². The van der Waals surface area contributed by atoms with E-state index in [9.17, 15) is 10.1 Å². The number of nitrogens with zero attached hydrogens (tertiary/aromatic N) is 1. The van der Waals surface area contributed by atoms with Crippen LogP contribution in [0.15, 0.2) is 42.5 Å². The van der Waals surface area contributed by atoms with Crippen LogP contribution in [-0.2, 0) is 11.2 Å². The van der Waals surface area contributed by atoms with Crippen LogP contribution in [0.1, 0.15) is 54.7 Å². The lowest BCUT2D eigenvalue weighted by molar-refractivity contribution is -0.126. The largest absolute Gasteiger partial charge is 0.493 e. The fourth-order valence-electron chi connectivity index (χ4n) is 4.63.